The molecule has 1 aromatic rings. The van der Waals surface area contributed by atoms with Crippen molar-refractivity contribution in [3.05, 3.63) is 29.8 Å². The quantitative estimate of drug-likeness (QED) is 0.860. The third kappa shape index (κ3) is 2.65. The minimum Gasteiger partial charge on any atom is -0.484 e. The van der Waals surface area contributed by atoms with Crippen LogP contribution in [0.4, 0.5) is 22.0 Å². The highest BCUT2D eigenvalue weighted by atomic mass is 19.4. The maximum atomic E-state index is 13.2. The Bertz CT molecular complexity index is 454. The van der Waals surface area contributed by atoms with E-state index < -0.39 is 37.1 Å². The lowest BCUT2D eigenvalue weighted by Gasteiger charge is -2.15. The van der Waals surface area contributed by atoms with Crippen molar-refractivity contribution in [1.82, 2.24) is 0 Å². The lowest BCUT2D eigenvalue weighted by Crippen LogP contribution is -2.21. The van der Waals surface area contributed by atoms with Gasteiger partial charge in [-0.3, -0.25) is 0 Å². The van der Waals surface area contributed by atoms with E-state index in [1.807, 2.05) is 0 Å². The predicted molar refractivity (Wildman–Crippen MR) is 56.3 cm³/mol. The monoisotopic (exact) mass is 282 g/mol. The molecule has 1 aromatic carbocycles. The molecule has 19 heavy (non-hydrogen) atoms. The number of ether oxygens (including phenoxy) is 1. The molecule has 0 aliphatic heterocycles. The van der Waals surface area contributed by atoms with Gasteiger partial charge in [0.25, 0.3) is 5.92 Å². The van der Waals surface area contributed by atoms with Gasteiger partial charge in [-0.15, -0.1) is 0 Å². The summed E-state index contributed by atoms with van der Waals surface area (Å²) in [6.07, 6.45) is -4.91. The fourth-order valence-electron chi connectivity index (χ4n) is 1.95. The number of halogens is 5. The Hall–Kier alpha value is -1.37. The molecule has 0 amide bonds. The van der Waals surface area contributed by atoms with Crippen LogP contribution < -0.4 is 4.74 Å². The second kappa shape index (κ2) is 4.33. The Morgan fingerprint density at radius 2 is 1.68 bits per heavy atom. The number of aliphatic hydroxyl groups excluding tert-OH is 1. The molecule has 0 bridgehead atoms. The van der Waals surface area contributed by atoms with Crippen LogP contribution in [-0.2, 0) is 5.41 Å². The van der Waals surface area contributed by atoms with Gasteiger partial charge in [0, 0.05) is 6.42 Å². The van der Waals surface area contributed by atoms with Crippen LogP contribution in [-0.4, -0.2) is 30.4 Å². The molecule has 1 unspecified atom stereocenters. The Morgan fingerprint density at radius 1 is 1.16 bits per heavy atom. The van der Waals surface area contributed by atoms with Gasteiger partial charge in [0.1, 0.15) is 5.75 Å². The van der Waals surface area contributed by atoms with Crippen LogP contribution in [0.2, 0.25) is 0 Å². The fourth-order valence-corrected chi connectivity index (χ4v) is 1.95. The topological polar surface area (TPSA) is 29.5 Å². The first-order chi connectivity index (χ1) is 8.70. The summed E-state index contributed by atoms with van der Waals surface area (Å²) in [5, 5.41) is 9.06. The number of hydrogen-bond donors (Lipinski definition) is 1. The van der Waals surface area contributed by atoms with Crippen molar-refractivity contribution in [3.63, 3.8) is 0 Å². The van der Waals surface area contributed by atoms with Crippen molar-refractivity contribution in [1.29, 1.82) is 0 Å². The SMILES string of the molecule is OCC1(c2ccc(OCC(F)(F)F)cc2)CC1(F)F. The van der Waals surface area contributed by atoms with Gasteiger partial charge in [0.15, 0.2) is 6.61 Å². The maximum absolute atomic E-state index is 13.2. The molecule has 1 atom stereocenters. The molecule has 1 aliphatic rings. The van der Waals surface area contributed by atoms with Crippen LogP contribution in [0.5, 0.6) is 5.75 Å². The molecule has 0 spiro atoms. The summed E-state index contributed by atoms with van der Waals surface area (Å²) in [4.78, 5) is 0. The average molecular weight is 282 g/mol. The first-order valence-corrected chi connectivity index (χ1v) is 5.49. The summed E-state index contributed by atoms with van der Waals surface area (Å²) in [7, 11) is 0. The second-order valence-corrected chi connectivity index (χ2v) is 4.55. The number of benzene rings is 1. The highest BCUT2D eigenvalue weighted by Crippen LogP contribution is 2.61. The van der Waals surface area contributed by atoms with Gasteiger partial charge in [0.05, 0.1) is 12.0 Å². The Kier molecular flexibility index (Phi) is 3.20. The van der Waals surface area contributed by atoms with Gasteiger partial charge in [-0.05, 0) is 17.7 Å². The first kappa shape index (κ1) is 14.0. The van der Waals surface area contributed by atoms with Gasteiger partial charge in [-0.1, -0.05) is 12.1 Å². The summed E-state index contributed by atoms with van der Waals surface area (Å²) in [5.41, 5.74) is -1.41. The molecular weight excluding hydrogens is 271 g/mol. The van der Waals surface area contributed by atoms with Crippen LogP contribution >= 0.6 is 0 Å². The third-order valence-corrected chi connectivity index (χ3v) is 3.18. The zero-order chi connectivity index (χ0) is 14.3. The molecular formula is C12H11F5O2. The highest BCUT2D eigenvalue weighted by molar-refractivity contribution is 5.40. The molecule has 7 heteroatoms. The predicted octanol–water partition coefficient (Wildman–Crippen LogP) is 2.90. The van der Waals surface area contributed by atoms with Crippen LogP contribution in [0.1, 0.15) is 12.0 Å². The van der Waals surface area contributed by atoms with Crippen molar-refractivity contribution in [2.75, 3.05) is 13.2 Å². The number of hydrogen-bond acceptors (Lipinski definition) is 2. The van der Waals surface area contributed by atoms with E-state index in [0.29, 0.717) is 0 Å². The summed E-state index contributed by atoms with van der Waals surface area (Å²) in [6.45, 7) is -2.14. The molecule has 0 aromatic heterocycles. The van der Waals surface area contributed by atoms with Gasteiger partial charge >= 0.3 is 6.18 Å². The van der Waals surface area contributed by atoms with Gasteiger partial charge in [-0.2, -0.15) is 13.2 Å². The largest absolute Gasteiger partial charge is 0.484 e. The number of aliphatic hydroxyl groups is 1. The van der Waals surface area contributed by atoms with E-state index >= 15 is 0 Å². The molecule has 0 saturated heterocycles. The summed E-state index contributed by atoms with van der Waals surface area (Å²) < 4.78 is 66.6. The van der Waals surface area contributed by atoms with Gasteiger partial charge in [-0.25, -0.2) is 8.78 Å². The van der Waals surface area contributed by atoms with E-state index in [0.717, 1.165) is 0 Å². The van der Waals surface area contributed by atoms with E-state index in [1.165, 1.54) is 24.3 Å². The molecule has 1 N–H and O–H groups in total. The minimum atomic E-state index is -4.45. The number of alkyl halides is 5. The molecule has 0 radical (unpaired) electrons. The van der Waals surface area contributed by atoms with Crippen molar-refractivity contribution in [2.24, 2.45) is 0 Å². The zero-order valence-corrected chi connectivity index (χ0v) is 9.68. The van der Waals surface area contributed by atoms with Crippen LogP contribution in [0.15, 0.2) is 24.3 Å². The van der Waals surface area contributed by atoms with E-state index in [-0.39, 0.29) is 11.3 Å². The average Bonchev–Trinajstić information content (AvgIpc) is 2.90. The first-order valence-electron chi connectivity index (χ1n) is 5.49. The van der Waals surface area contributed by atoms with Crippen molar-refractivity contribution in [3.8, 4) is 5.75 Å². The van der Waals surface area contributed by atoms with Crippen LogP contribution in [0.25, 0.3) is 0 Å². The molecule has 1 saturated carbocycles. The fraction of sp³-hybridized carbons (Fsp3) is 0.500. The third-order valence-electron chi connectivity index (χ3n) is 3.18. The summed E-state index contributed by atoms with van der Waals surface area (Å²) in [6, 6.07) is 4.88. The second-order valence-electron chi connectivity index (χ2n) is 4.55. The van der Waals surface area contributed by atoms with E-state index in [2.05, 4.69) is 4.74 Å². The molecule has 106 valence electrons. The van der Waals surface area contributed by atoms with Crippen LogP contribution in [0, 0.1) is 0 Å². The minimum absolute atomic E-state index is 0.0573. The Balaban J connectivity index is 2.08. The van der Waals surface area contributed by atoms with Crippen molar-refractivity contribution >= 4 is 0 Å². The Labute approximate surface area is 105 Å². The lowest BCUT2D eigenvalue weighted by molar-refractivity contribution is -0.153. The van der Waals surface area contributed by atoms with Crippen molar-refractivity contribution in [2.45, 2.75) is 23.9 Å². The van der Waals surface area contributed by atoms with E-state index in [4.69, 9.17) is 5.11 Å². The summed E-state index contributed by atoms with van der Waals surface area (Å²) >= 11 is 0. The lowest BCUT2D eigenvalue weighted by atomic mass is 9.96. The molecule has 2 nitrogen and oxygen atoms in total. The highest BCUT2D eigenvalue weighted by Gasteiger charge is 2.71. The molecule has 0 heterocycles. The Morgan fingerprint density at radius 3 is 2.05 bits per heavy atom. The molecule has 1 aliphatic carbocycles. The zero-order valence-electron chi connectivity index (χ0n) is 9.68. The maximum Gasteiger partial charge on any atom is 0.422 e. The summed E-state index contributed by atoms with van der Waals surface area (Å²) in [5.74, 6) is -3.03. The standard InChI is InChI=1S/C12H11F5O2/c13-11(14)5-10(11,6-18)8-1-3-9(4-2-8)19-7-12(15,16)17/h1-4,18H,5-7H2. The molecule has 2 rings (SSSR count). The van der Waals surface area contributed by atoms with E-state index in [9.17, 15) is 22.0 Å². The number of rotatable bonds is 4. The van der Waals surface area contributed by atoms with Gasteiger partial charge < -0.3 is 9.84 Å². The van der Waals surface area contributed by atoms with Crippen LogP contribution in [0.3, 0.4) is 0 Å². The normalized spacial score (nSPS) is 25.2. The van der Waals surface area contributed by atoms with Crippen molar-refractivity contribution < 1.29 is 31.8 Å². The molecule has 1 fully saturated rings. The van der Waals surface area contributed by atoms with Gasteiger partial charge in [0.2, 0.25) is 0 Å². The smallest absolute Gasteiger partial charge is 0.422 e. The van der Waals surface area contributed by atoms with E-state index in [1.54, 1.807) is 0 Å².